The monoisotopic (exact) mass is 956 g/mol. The molecule has 0 unspecified atom stereocenters. The predicted molar refractivity (Wildman–Crippen MR) is 313 cm³/mol. The van der Waals surface area contributed by atoms with Crippen molar-refractivity contribution in [3.8, 4) is 11.1 Å². The lowest BCUT2D eigenvalue weighted by atomic mass is 9.35. The third-order valence-electron chi connectivity index (χ3n) is 16.2. The average molecular weight is 956 g/mol. The summed E-state index contributed by atoms with van der Waals surface area (Å²) in [5.74, 6) is 0. The van der Waals surface area contributed by atoms with Crippen LogP contribution in [0.4, 0.5) is 51.2 Å². The van der Waals surface area contributed by atoms with Crippen LogP contribution in [0.5, 0.6) is 0 Å². The number of hydrogen-bond acceptors (Lipinski definition) is 4. The number of para-hydroxylation sites is 2. The Kier molecular flexibility index (Phi) is 10.7. The van der Waals surface area contributed by atoms with Gasteiger partial charge in [0.2, 0.25) is 0 Å². The number of nitrogens with zero attached hydrogens (tertiary/aromatic N) is 3. The van der Waals surface area contributed by atoms with Crippen LogP contribution in [0.2, 0.25) is 0 Å². The Hall–Kier alpha value is -6.82. The van der Waals surface area contributed by atoms with E-state index < -0.39 is 0 Å². The Morgan fingerprint density at radius 3 is 1.74 bits per heavy atom. The summed E-state index contributed by atoms with van der Waals surface area (Å²) in [5, 5.41) is 1.30. The third kappa shape index (κ3) is 7.44. The fourth-order valence-electron chi connectivity index (χ4n) is 12.2. The van der Waals surface area contributed by atoms with Gasteiger partial charge in [0.15, 0.2) is 0 Å². The van der Waals surface area contributed by atoms with E-state index in [0.29, 0.717) is 0 Å². The molecule has 5 heteroatoms. The largest absolute Gasteiger partial charge is 0.311 e. The Morgan fingerprint density at radius 2 is 1.11 bits per heavy atom. The van der Waals surface area contributed by atoms with Crippen LogP contribution in [-0.2, 0) is 21.7 Å². The van der Waals surface area contributed by atoms with E-state index in [2.05, 4.69) is 267 Å². The SMILES string of the molecule is Cc1ccc2sc3c(c2c1)N(c1ccc(C(C)(C)C)cc1-c1ccccc1)c1cc(N(c2ccccc2)c2ccccc2)cc2c1B3c1ccc3c(c1N2c1ccc(C(C)(C)C)cc1)C(C)(C)CCC3(C)C. The molecular weight excluding hydrogens is 890 g/mol. The molecule has 9 aromatic rings. The lowest BCUT2D eigenvalue weighted by Gasteiger charge is -2.49. The van der Waals surface area contributed by atoms with Crippen LogP contribution in [-0.4, -0.2) is 6.71 Å². The van der Waals surface area contributed by atoms with Gasteiger partial charge in [0.1, 0.15) is 0 Å². The summed E-state index contributed by atoms with van der Waals surface area (Å²) >= 11 is 1.99. The summed E-state index contributed by atoms with van der Waals surface area (Å²) < 4.78 is 2.71. The van der Waals surface area contributed by atoms with E-state index in [0.717, 1.165) is 29.9 Å². The predicted octanol–water partition coefficient (Wildman–Crippen LogP) is 17.4. The van der Waals surface area contributed by atoms with E-state index in [4.69, 9.17) is 0 Å². The molecule has 3 heterocycles. The molecule has 12 rings (SSSR count). The van der Waals surface area contributed by atoms with Crippen molar-refractivity contribution < 1.29 is 0 Å². The van der Waals surface area contributed by atoms with Gasteiger partial charge >= 0.3 is 0 Å². The fourth-order valence-corrected chi connectivity index (χ4v) is 13.5. The second-order valence-electron chi connectivity index (χ2n) is 24.2. The number of rotatable bonds is 6. The second kappa shape index (κ2) is 16.6. The van der Waals surface area contributed by atoms with E-state index in [1.165, 1.54) is 98.9 Å². The molecular formula is C67H66BN3S. The molecule has 0 amide bonds. The highest BCUT2D eigenvalue weighted by Crippen LogP contribution is 2.56. The summed E-state index contributed by atoms with van der Waals surface area (Å²) in [4.78, 5) is 7.87. The zero-order valence-electron chi connectivity index (χ0n) is 44.0. The van der Waals surface area contributed by atoms with Gasteiger partial charge in [0.05, 0.1) is 17.1 Å². The maximum absolute atomic E-state index is 2.71. The van der Waals surface area contributed by atoms with Crippen molar-refractivity contribution in [1.29, 1.82) is 0 Å². The smallest absolute Gasteiger partial charge is 0.264 e. The van der Waals surface area contributed by atoms with Crippen molar-refractivity contribution in [1.82, 2.24) is 0 Å². The highest BCUT2D eigenvalue weighted by molar-refractivity contribution is 7.33. The van der Waals surface area contributed by atoms with Gasteiger partial charge in [0, 0.05) is 54.6 Å². The molecule has 0 bridgehead atoms. The Labute approximate surface area is 432 Å². The Balaban J connectivity index is 1.28. The molecule has 3 nitrogen and oxygen atoms in total. The Morgan fingerprint density at radius 1 is 0.528 bits per heavy atom. The van der Waals surface area contributed by atoms with Gasteiger partial charge in [-0.3, -0.25) is 0 Å². The van der Waals surface area contributed by atoms with Crippen molar-refractivity contribution in [3.05, 3.63) is 204 Å². The number of benzene rings is 8. The molecule has 0 N–H and O–H groups in total. The molecule has 1 aromatic heterocycles. The van der Waals surface area contributed by atoms with E-state index in [-0.39, 0.29) is 28.4 Å². The van der Waals surface area contributed by atoms with E-state index in [9.17, 15) is 0 Å². The number of thiophene rings is 1. The highest BCUT2D eigenvalue weighted by Gasteiger charge is 2.50. The zero-order valence-corrected chi connectivity index (χ0v) is 44.8. The van der Waals surface area contributed by atoms with E-state index in [1.807, 2.05) is 11.3 Å². The quantitative estimate of drug-likeness (QED) is 0.154. The van der Waals surface area contributed by atoms with Crippen molar-refractivity contribution in [2.75, 3.05) is 14.7 Å². The van der Waals surface area contributed by atoms with Crippen LogP contribution in [0, 0.1) is 6.92 Å². The molecule has 358 valence electrons. The van der Waals surface area contributed by atoms with Crippen molar-refractivity contribution >= 4 is 95.0 Å². The first-order valence-corrected chi connectivity index (χ1v) is 26.9. The summed E-state index contributed by atoms with van der Waals surface area (Å²) in [6.45, 7) is 26.2. The topological polar surface area (TPSA) is 9.72 Å². The van der Waals surface area contributed by atoms with Crippen molar-refractivity contribution in [2.24, 2.45) is 0 Å². The third-order valence-corrected chi connectivity index (χ3v) is 17.4. The number of aryl methyl sites for hydroxylation is 1. The maximum atomic E-state index is 2.71. The standard InChI is InChI=1S/C67H66BN3S/c1-43-27-36-58-52(39-43)61-63(72-58)68-54-34-33-53-59(67(10,11)38-37-66(53,8)9)62(54)70(49-31-28-45(29-32-49)64(2,3)4)56-41-50(69(47-23-17-13-18-24-47)48-25-19-14-20-26-48)42-57(60(56)68)71(61)55-35-30-46(65(5,6)7)40-51(55)44-21-15-12-16-22-44/h12-36,39-42H,37-38H2,1-11H3. The van der Waals surface area contributed by atoms with Crippen LogP contribution in [0.25, 0.3) is 21.2 Å². The summed E-state index contributed by atoms with van der Waals surface area (Å²) in [6, 6.07) is 67.1. The van der Waals surface area contributed by atoms with Crippen LogP contribution >= 0.6 is 11.3 Å². The summed E-state index contributed by atoms with van der Waals surface area (Å²) in [5.41, 5.74) is 22.7. The van der Waals surface area contributed by atoms with Gasteiger partial charge in [-0.25, -0.2) is 0 Å². The lowest BCUT2D eigenvalue weighted by molar-refractivity contribution is 0.333. The minimum atomic E-state index is -0.0714. The second-order valence-corrected chi connectivity index (χ2v) is 25.2. The number of fused-ring (bicyclic) bond motifs is 8. The minimum absolute atomic E-state index is 0.00892. The fraction of sp³-hybridized carbons (Fsp3) is 0.254. The molecule has 0 saturated heterocycles. The van der Waals surface area contributed by atoms with Gasteiger partial charge in [-0.2, -0.15) is 0 Å². The van der Waals surface area contributed by atoms with Gasteiger partial charge in [-0.1, -0.05) is 178 Å². The molecule has 0 saturated carbocycles. The molecule has 8 aromatic carbocycles. The number of hydrogen-bond donors (Lipinski definition) is 0. The van der Waals surface area contributed by atoms with Gasteiger partial charge in [-0.15, -0.1) is 11.3 Å². The van der Waals surface area contributed by atoms with E-state index >= 15 is 0 Å². The van der Waals surface area contributed by atoms with E-state index in [1.54, 1.807) is 0 Å². The molecule has 0 fully saturated rings. The Bertz CT molecular complexity index is 3520. The van der Waals surface area contributed by atoms with Crippen LogP contribution < -0.4 is 30.4 Å². The van der Waals surface area contributed by atoms with Gasteiger partial charge in [0.25, 0.3) is 6.71 Å². The normalized spacial score (nSPS) is 15.5. The molecule has 3 aliphatic rings. The molecule has 0 atom stereocenters. The summed E-state index contributed by atoms with van der Waals surface area (Å²) in [6.07, 6.45) is 2.27. The van der Waals surface area contributed by atoms with Crippen LogP contribution in [0.1, 0.15) is 110 Å². The zero-order chi connectivity index (χ0) is 50.1. The van der Waals surface area contributed by atoms with Crippen molar-refractivity contribution in [2.45, 2.75) is 111 Å². The van der Waals surface area contributed by atoms with Crippen LogP contribution in [0.3, 0.4) is 0 Å². The maximum Gasteiger partial charge on any atom is 0.264 e. The van der Waals surface area contributed by atoms with Crippen LogP contribution in [0.15, 0.2) is 176 Å². The molecule has 0 radical (unpaired) electrons. The van der Waals surface area contributed by atoms with Crippen molar-refractivity contribution in [3.63, 3.8) is 0 Å². The first-order chi connectivity index (χ1) is 34.4. The minimum Gasteiger partial charge on any atom is -0.311 e. The molecule has 2 aliphatic heterocycles. The average Bonchev–Trinajstić information content (AvgIpc) is 3.73. The first kappa shape index (κ1) is 46.3. The van der Waals surface area contributed by atoms with Gasteiger partial charge < -0.3 is 14.7 Å². The van der Waals surface area contributed by atoms with Gasteiger partial charge in [-0.05, 0) is 153 Å². The highest BCUT2D eigenvalue weighted by atomic mass is 32.1. The molecule has 0 spiro atoms. The lowest BCUT2D eigenvalue weighted by Crippen LogP contribution is -2.61. The first-order valence-electron chi connectivity index (χ1n) is 26.1. The summed E-state index contributed by atoms with van der Waals surface area (Å²) in [7, 11) is 0. The number of anilines is 9. The molecule has 72 heavy (non-hydrogen) atoms. The molecule has 1 aliphatic carbocycles.